The quantitative estimate of drug-likeness (QED) is 0.305. The molecule has 0 saturated heterocycles. The van der Waals surface area contributed by atoms with Gasteiger partial charge in [-0.1, -0.05) is 90.4 Å². The zero-order valence-corrected chi connectivity index (χ0v) is 16.4. The van der Waals surface area contributed by atoms with E-state index in [0.717, 1.165) is 19.3 Å². The standard InChI is InChI=1S/C18H39NO4S/c1-2-3-4-5-6-7-8-9-10-11-12-13-14-15-18(20)17(19)16-24(21,22)23/h17-18,20H,2-16,19H2,1H3,(H,21,22,23)/t17-,18?/m0/s1. The summed E-state index contributed by atoms with van der Waals surface area (Å²) in [5.41, 5.74) is 3.57. The predicted molar refractivity (Wildman–Crippen MR) is 97.6 cm³/mol. The molecule has 0 rings (SSSR count). The monoisotopic (exact) mass is 365 g/mol. The van der Waals surface area contributed by atoms with Crippen LogP contribution in [-0.2, 0) is 10.1 Å². The molecule has 146 valence electrons. The molecular formula is C18H39NO4S. The van der Waals surface area contributed by atoms with E-state index in [9.17, 15) is 18.1 Å². The summed E-state index contributed by atoms with van der Waals surface area (Å²) in [6, 6.07) is -0.718. The average molecular weight is 366 g/mol. The van der Waals surface area contributed by atoms with Crippen LogP contribution in [0.3, 0.4) is 0 Å². The maximum atomic E-state index is 10.6. The third-order valence-corrected chi connectivity index (χ3v) is 5.40. The summed E-state index contributed by atoms with van der Waals surface area (Å²) < 4.78 is 31.9. The van der Waals surface area contributed by atoms with Gasteiger partial charge in [0.05, 0.1) is 5.75 Å². The van der Waals surface area contributed by atoms with E-state index < -0.39 is 28.0 Å². The van der Waals surface area contributed by atoms with Crippen LogP contribution in [0.15, 0.2) is 0 Å². The first-order valence-corrected chi connectivity index (χ1v) is 11.4. The van der Waals surface area contributed by atoms with E-state index in [-0.39, 0.29) is 0 Å². The summed E-state index contributed by atoms with van der Waals surface area (Å²) in [5, 5.41) is 9.79. The summed E-state index contributed by atoms with van der Waals surface area (Å²) in [6.45, 7) is 2.25. The Morgan fingerprint density at radius 2 is 1.21 bits per heavy atom. The number of hydrogen-bond donors (Lipinski definition) is 2. The molecule has 0 aromatic rings. The third-order valence-electron chi connectivity index (χ3n) is 4.57. The highest BCUT2D eigenvalue weighted by atomic mass is 32.2. The topological polar surface area (TPSA) is 105 Å². The molecule has 6 heteroatoms. The Morgan fingerprint density at radius 1 is 0.833 bits per heavy atom. The van der Waals surface area contributed by atoms with E-state index in [1.807, 2.05) is 0 Å². The average Bonchev–Trinajstić information content (AvgIpc) is 2.50. The van der Waals surface area contributed by atoms with Gasteiger partial charge in [-0.15, -0.1) is 0 Å². The molecule has 1 unspecified atom stereocenters. The van der Waals surface area contributed by atoms with Gasteiger partial charge < -0.3 is 15.4 Å². The van der Waals surface area contributed by atoms with Gasteiger partial charge in [-0.3, -0.25) is 0 Å². The van der Waals surface area contributed by atoms with E-state index in [1.54, 1.807) is 0 Å². The van der Waals surface area contributed by atoms with E-state index in [4.69, 9.17) is 0 Å². The minimum absolute atomic E-state index is 0.529. The second-order valence-electron chi connectivity index (χ2n) is 7.08. The number of hydrogen-bond acceptors (Lipinski definition) is 4. The molecule has 0 radical (unpaired) electrons. The van der Waals surface area contributed by atoms with Gasteiger partial charge in [0.1, 0.15) is 22.3 Å². The van der Waals surface area contributed by atoms with Crippen LogP contribution in [0.2, 0.25) is 0 Å². The van der Waals surface area contributed by atoms with Gasteiger partial charge in [0.2, 0.25) is 0 Å². The van der Waals surface area contributed by atoms with E-state index in [1.165, 1.54) is 64.2 Å². The normalized spacial score (nSPS) is 14.7. The summed E-state index contributed by atoms with van der Waals surface area (Å²) in [4.78, 5) is 0. The maximum Gasteiger partial charge on any atom is 0.124 e. The number of unbranched alkanes of at least 4 members (excludes halogenated alkanes) is 12. The van der Waals surface area contributed by atoms with Crippen molar-refractivity contribution in [2.75, 3.05) is 5.75 Å². The molecule has 24 heavy (non-hydrogen) atoms. The van der Waals surface area contributed by atoms with Crippen LogP contribution in [0, 0.1) is 0 Å². The van der Waals surface area contributed by atoms with Crippen molar-refractivity contribution < 1.29 is 23.8 Å². The summed E-state index contributed by atoms with van der Waals surface area (Å²) in [7, 11) is -4.30. The number of rotatable bonds is 17. The van der Waals surface area contributed by atoms with Gasteiger partial charge in [0.15, 0.2) is 0 Å². The minimum atomic E-state index is -4.30. The Balaban J connectivity index is 3.33. The summed E-state index contributed by atoms with van der Waals surface area (Å²) in [6.07, 6.45) is 16.2. The van der Waals surface area contributed by atoms with Gasteiger partial charge >= 0.3 is 0 Å². The Kier molecular flexibility index (Phi) is 15.0. The fourth-order valence-electron chi connectivity index (χ4n) is 2.98. The van der Waals surface area contributed by atoms with E-state index in [0.29, 0.717) is 6.42 Å². The highest BCUT2D eigenvalue weighted by molar-refractivity contribution is 7.85. The Labute approximate surface area is 149 Å². The molecule has 0 spiro atoms. The molecule has 0 heterocycles. The fraction of sp³-hybridized carbons (Fsp3) is 1.00. The van der Waals surface area contributed by atoms with E-state index in [2.05, 4.69) is 12.7 Å². The van der Waals surface area contributed by atoms with Crippen LogP contribution in [0.25, 0.3) is 0 Å². The highest BCUT2D eigenvalue weighted by Gasteiger charge is 2.20. The van der Waals surface area contributed by atoms with Crippen molar-refractivity contribution in [2.24, 2.45) is 0 Å². The first kappa shape index (κ1) is 23.8. The second kappa shape index (κ2) is 15.1. The zero-order chi connectivity index (χ0) is 18.3. The van der Waals surface area contributed by atoms with Gasteiger partial charge in [-0.2, -0.15) is 0 Å². The lowest BCUT2D eigenvalue weighted by Gasteiger charge is -2.17. The third kappa shape index (κ3) is 16.7. The molecule has 0 aromatic carbocycles. The van der Waals surface area contributed by atoms with Crippen LogP contribution in [0.1, 0.15) is 96.8 Å². The minimum Gasteiger partial charge on any atom is -0.748 e. The van der Waals surface area contributed by atoms with Gasteiger partial charge in [-0.05, 0) is 6.42 Å². The smallest absolute Gasteiger partial charge is 0.124 e. The Bertz CT molecular complexity index is 373. The lowest BCUT2D eigenvalue weighted by Crippen LogP contribution is -2.69. The molecule has 0 bridgehead atoms. The first-order chi connectivity index (χ1) is 11.4. The molecule has 0 aliphatic carbocycles. The summed E-state index contributed by atoms with van der Waals surface area (Å²) in [5.74, 6) is -0.577. The molecular weight excluding hydrogens is 326 g/mol. The first-order valence-electron chi connectivity index (χ1n) is 9.81. The van der Waals surface area contributed by atoms with Crippen molar-refractivity contribution in [1.82, 2.24) is 0 Å². The number of aliphatic hydroxyl groups is 1. The van der Waals surface area contributed by atoms with Crippen molar-refractivity contribution >= 4 is 10.1 Å². The van der Waals surface area contributed by atoms with Crippen molar-refractivity contribution in [1.29, 1.82) is 0 Å². The molecule has 2 atom stereocenters. The predicted octanol–water partition coefficient (Wildman–Crippen LogP) is 2.98. The molecule has 0 aliphatic heterocycles. The molecule has 5 nitrogen and oxygen atoms in total. The molecule has 4 N–H and O–H groups in total. The second-order valence-corrected chi connectivity index (χ2v) is 8.53. The van der Waals surface area contributed by atoms with Crippen molar-refractivity contribution in [3.05, 3.63) is 0 Å². The zero-order valence-electron chi connectivity index (χ0n) is 15.5. The van der Waals surface area contributed by atoms with Crippen LogP contribution >= 0.6 is 0 Å². The largest absolute Gasteiger partial charge is 0.748 e. The molecule has 0 fully saturated rings. The number of quaternary nitrogens is 1. The maximum absolute atomic E-state index is 10.6. The Morgan fingerprint density at radius 3 is 1.58 bits per heavy atom. The van der Waals surface area contributed by atoms with Crippen LogP contribution < -0.4 is 5.73 Å². The molecule has 0 aromatic heterocycles. The number of aliphatic hydroxyl groups excluding tert-OH is 1. The molecule has 0 aliphatic rings. The lowest BCUT2D eigenvalue weighted by atomic mass is 10.0. The van der Waals surface area contributed by atoms with Crippen molar-refractivity contribution in [3.63, 3.8) is 0 Å². The highest BCUT2D eigenvalue weighted by Crippen LogP contribution is 2.13. The summed E-state index contributed by atoms with van der Waals surface area (Å²) >= 11 is 0. The van der Waals surface area contributed by atoms with Crippen molar-refractivity contribution in [2.45, 2.75) is 109 Å². The van der Waals surface area contributed by atoms with Crippen molar-refractivity contribution in [3.8, 4) is 0 Å². The molecule has 0 saturated carbocycles. The van der Waals surface area contributed by atoms with Gasteiger partial charge in [0, 0.05) is 0 Å². The van der Waals surface area contributed by atoms with Crippen LogP contribution in [-0.4, -0.2) is 36.0 Å². The molecule has 0 amide bonds. The Hall–Kier alpha value is -0.170. The van der Waals surface area contributed by atoms with Gasteiger partial charge in [-0.25, -0.2) is 8.42 Å². The van der Waals surface area contributed by atoms with Gasteiger partial charge in [0.25, 0.3) is 0 Å². The lowest BCUT2D eigenvalue weighted by molar-refractivity contribution is -0.430. The SMILES string of the molecule is CCCCCCCCCCCCCCCC(O)[C@@H]([NH3+])CS(=O)(=O)[O-]. The van der Waals surface area contributed by atoms with Crippen LogP contribution in [0.5, 0.6) is 0 Å². The van der Waals surface area contributed by atoms with E-state index >= 15 is 0 Å². The van der Waals surface area contributed by atoms with Crippen LogP contribution in [0.4, 0.5) is 0 Å². The fourth-order valence-corrected chi connectivity index (χ4v) is 3.73.